The summed E-state index contributed by atoms with van der Waals surface area (Å²) in [7, 11) is 2.08. The molecule has 0 N–H and O–H groups in total. The highest BCUT2D eigenvalue weighted by atomic mass is 16.6. The van der Waals surface area contributed by atoms with Gasteiger partial charge in [0, 0.05) is 26.1 Å². The van der Waals surface area contributed by atoms with Gasteiger partial charge in [-0.1, -0.05) is 17.2 Å². The molecule has 0 aromatic carbocycles. The maximum absolute atomic E-state index is 11.8. The Morgan fingerprint density at radius 2 is 2.40 bits per heavy atom. The van der Waals surface area contributed by atoms with Crippen molar-refractivity contribution in [2.24, 2.45) is 5.16 Å². The first-order chi connectivity index (χ1) is 9.70. The molecule has 2 heterocycles. The van der Waals surface area contributed by atoms with Crippen LogP contribution in [0.5, 0.6) is 0 Å². The van der Waals surface area contributed by atoms with Gasteiger partial charge in [0.2, 0.25) is 5.91 Å². The second-order valence-corrected chi connectivity index (χ2v) is 5.19. The summed E-state index contributed by atoms with van der Waals surface area (Å²) in [5, 5.41) is 4.15. The monoisotopic (exact) mass is 275 g/mol. The third kappa shape index (κ3) is 3.84. The van der Waals surface area contributed by atoms with Crippen LogP contribution in [0.3, 0.4) is 0 Å². The van der Waals surface area contributed by atoms with Crippen molar-refractivity contribution in [3.8, 4) is 12.3 Å². The highest BCUT2D eigenvalue weighted by Crippen LogP contribution is 2.15. The van der Waals surface area contributed by atoms with E-state index in [1.54, 1.807) is 0 Å². The number of carbonyl (C=O) groups excluding carboxylic acids is 1. The third-order valence-corrected chi connectivity index (χ3v) is 3.55. The number of oxime groups is 1. The summed E-state index contributed by atoms with van der Waals surface area (Å²) in [5.41, 5.74) is 1.96. The second-order valence-electron chi connectivity index (χ2n) is 5.19. The molecule has 5 nitrogen and oxygen atoms in total. The zero-order chi connectivity index (χ0) is 14.4. The molecule has 1 saturated heterocycles. The van der Waals surface area contributed by atoms with Crippen LogP contribution >= 0.6 is 0 Å². The molecule has 0 radical (unpaired) electrons. The van der Waals surface area contributed by atoms with E-state index in [0.717, 1.165) is 43.8 Å². The summed E-state index contributed by atoms with van der Waals surface area (Å²) < 4.78 is 0. The van der Waals surface area contributed by atoms with Gasteiger partial charge in [0.1, 0.15) is 5.71 Å². The summed E-state index contributed by atoms with van der Waals surface area (Å²) in [4.78, 5) is 21.0. The molecule has 2 aliphatic heterocycles. The van der Waals surface area contributed by atoms with E-state index in [-0.39, 0.29) is 12.5 Å². The number of likely N-dealkylation sites (N-methyl/N-ethyl adjacent to an activating group) is 1. The van der Waals surface area contributed by atoms with Gasteiger partial charge in [-0.15, -0.1) is 6.42 Å². The molecule has 2 aliphatic rings. The topological polar surface area (TPSA) is 45.1 Å². The molecule has 0 aromatic heterocycles. The van der Waals surface area contributed by atoms with Gasteiger partial charge >= 0.3 is 0 Å². The number of amides is 1. The van der Waals surface area contributed by atoms with Crippen molar-refractivity contribution in [2.75, 3.05) is 39.8 Å². The van der Waals surface area contributed by atoms with Crippen molar-refractivity contribution < 1.29 is 9.63 Å². The summed E-state index contributed by atoms with van der Waals surface area (Å²) >= 11 is 0. The van der Waals surface area contributed by atoms with E-state index >= 15 is 0 Å². The predicted octanol–water partition coefficient (Wildman–Crippen LogP) is 0.876. The van der Waals surface area contributed by atoms with Gasteiger partial charge in [0.15, 0.2) is 6.61 Å². The average molecular weight is 275 g/mol. The number of nitrogens with zero attached hydrogens (tertiary/aromatic N) is 3. The van der Waals surface area contributed by atoms with Gasteiger partial charge in [0.05, 0.1) is 6.54 Å². The maximum Gasteiger partial charge on any atom is 0.222 e. The molecular formula is C15H21N3O2. The van der Waals surface area contributed by atoms with Crippen LogP contribution in [0.2, 0.25) is 0 Å². The molecule has 5 heteroatoms. The molecule has 108 valence electrons. The zero-order valence-electron chi connectivity index (χ0n) is 12.0. The fraction of sp³-hybridized carbons (Fsp3) is 0.600. The molecule has 0 aromatic rings. The van der Waals surface area contributed by atoms with Crippen LogP contribution in [0, 0.1) is 12.3 Å². The quantitative estimate of drug-likeness (QED) is 0.324. The molecule has 2 rings (SSSR count). The lowest BCUT2D eigenvalue weighted by molar-refractivity contribution is -0.127. The van der Waals surface area contributed by atoms with Crippen molar-refractivity contribution in [3.05, 3.63) is 11.6 Å². The first kappa shape index (κ1) is 14.6. The molecule has 0 aliphatic carbocycles. The Hall–Kier alpha value is -1.80. The molecule has 1 amide bonds. The Bertz CT molecular complexity index is 462. The van der Waals surface area contributed by atoms with Gasteiger partial charge in [-0.3, -0.25) is 4.79 Å². The maximum atomic E-state index is 11.8. The molecular weight excluding hydrogens is 254 g/mol. The molecule has 20 heavy (non-hydrogen) atoms. The van der Waals surface area contributed by atoms with Crippen LogP contribution in [0.25, 0.3) is 0 Å². The predicted molar refractivity (Wildman–Crippen MR) is 78.2 cm³/mol. The second kappa shape index (κ2) is 7.11. The Labute approximate surface area is 120 Å². The Kier molecular flexibility index (Phi) is 5.19. The van der Waals surface area contributed by atoms with E-state index in [4.69, 9.17) is 11.3 Å². The fourth-order valence-electron chi connectivity index (χ4n) is 2.49. The van der Waals surface area contributed by atoms with Crippen molar-refractivity contribution in [3.63, 3.8) is 0 Å². The van der Waals surface area contributed by atoms with E-state index in [1.807, 2.05) is 4.90 Å². The van der Waals surface area contributed by atoms with E-state index in [1.165, 1.54) is 0 Å². The fourth-order valence-corrected chi connectivity index (χ4v) is 2.49. The average Bonchev–Trinajstić information content (AvgIpc) is 2.83. The lowest BCUT2D eigenvalue weighted by Gasteiger charge is -2.25. The minimum atomic E-state index is 0.153. The number of rotatable bonds is 5. The summed E-state index contributed by atoms with van der Waals surface area (Å²) in [5.74, 6) is 2.59. The summed E-state index contributed by atoms with van der Waals surface area (Å²) in [6, 6.07) is 0. The van der Waals surface area contributed by atoms with Crippen LogP contribution in [-0.2, 0) is 9.63 Å². The summed E-state index contributed by atoms with van der Waals surface area (Å²) in [6.07, 6.45) is 9.91. The largest absolute Gasteiger partial charge is 0.382 e. The Morgan fingerprint density at radius 3 is 3.05 bits per heavy atom. The van der Waals surface area contributed by atoms with Crippen LogP contribution in [-0.4, -0.2) is 61.3 Å². The SMILES string of the molecule is C#CCO/N=C(/CN1CCCC1=O)C1=CCCN(C)C1. The Balaban J connectivity index is 2.08. The van der Waals surface area contributed by atoms with E-state index in [9.17, 15) is 4.79 Å². The van der Waals surface area contributed by atoms with Crippen LogP contribution in [0.1, 0.15) is 19.3 Å². The van der Waals surface area contributed by atoms with Gasteiger partial charge in [-0.2, -0.15) is 0 Å². The molecule has 0 bridgehead atoms. The third-order valence-electron chi connectivity index (χ3n) is 3.55. The molecule has 1 fully saturated rings. The highest BCUT2D eigenvalue weighted by Gasteiger charge is 2.24. The first-order valence-corrected chi connectivity index (χ1v) is 6.98. The van der Waals surface area contributed by atoms with Gasteiger partial charge in [0.25, 0.3) is 0 Å². The Morgan fingerprint density at radius 1 is 1.55 bits per heavy atom. The van der Waals surface area contributed by atoms with E-state index in [2.05, 4.69) is 29.1 Å². The van der Waals surface area contributed by atoms with Crippen molar-refractivity contribution in [2.45, 2.75) is 19.3 Å². The lowest BCUT2D eigenvalue weighted by atomic mass is 10.0. The van der Waals surface area contributed by atoms with Crippen molar-refractivity contribution in [1.82, 2.24) is 9.80 Å². The standard InChI is InChI=1S/C15H21N3O2/c1-3-10-20-16-14(12-18-9-5-7-15(18)19)13-6-4-8-17(2)11-13/h1,6H,4-5,7-12H2,2H3/b16-14-. The van der Waals surface area contributed by atoms with Gasteiger partial charge in [-0.05, 0) is 25.5 Å². The highest BCUT2D eigenvalue weighted by molar-refractivity contribution is 6.03. The normalized spacial score (nSPS) is 20.8. The van der Waals surface area contributed by atoms with Crippen LogP contribution in [0.4, 0.5) is 0 Å². The van der Waals surface area contributed by atoms with E-state index in [0.29, 0.717) is 13.0 Å². The first-order valence-electron chi connectivity index (χ1n) is 6.98. The number of terminal acetylenes is 1. The number of likely N-dealkylation sites (tertiary alicyclic amines) is 1. The number of hydrogen-bond acceptors (Lipinski definition) is 4. The van der Waals surface area contributed by atoms with Gasteiger partial charge in [-0.25, -0.2) is 0 Å². The summed E-state index contributed by atoms with van der Waals surface area (Å²) in [6.45, 7) is 3.35. The number of carbonyl (C=O) groups is 1. The van der Waals surface area contributed by atoms with E-state index < -0.39 is 0 Å². The molecule has 0 saturated carbocycles. The van der Waals surface area contributed by atoms with Crippen LogP contribution < -0.4 is 0 Å². The zero-order valence-corrected chi connectivity index (χ0v) is 12.0. The van der Waals surface area contributed by atoms with Gasteiger partial charge < -0.3 is 14.6 Å². The lowest BCUT2D eigenvalue weighted by Crippen LogP contribution is -2.36. The minimum Gasteiger partial charge on any atom is -0.382 e. The molecule has 0 unspecified atom stereocenters. The molecule has 0 atom stereocenters. The number of hydrogen-bond donors (Lipinski definition) is 0. The van der Waals surface area contributed by atoms with Crippen molar-refractivity contribution >= 4 is 11.6 Å². The smallest absolute Gasteiger partial charge is 0.222 e. The van der Waals surface area contributed by atoms with Crippen LogP contribution in [0.15, 0.2) is 16.8 Å². The minimum absolute atomic E-state index is 0.153. The van der Waals surface area contributed by atoms with Crippen molar-refractivity contribution in [1.29, 1.82) is 0 Å². The molecule has 0 spiro atoms.